The fourth-order valence-electron chi connectivity index (χ4n) is 2.27. The van der Waals surface area contributed by atoms with Crippen molar-refractivity contribution >= 4 is 23.2 Å². The largest absolute Gasteiger partial charge is 0.416 e. The van der Waals surface area contributed by atoms with E-state index >= 15 is 0 Å². The fourth-order valence-corrected chi connectivity index (χ4v) is 2.27. The van der Waals surface area contributed by atoms with Gasteiger partial charge in [-0.15, -0.1) is 0 Å². The van der Waals surface area contributed by atoms with Crippen LogP contribution in [0.1, 0.15) is 15.9 Å². The number of carbonyl (C=O) groups excluding carboxylic acids is 2. The molecule has 0 radical (unpaired) electrons. The van der Waals surface area contributed by atoms with Crippen LogP contribution in [-0.4, -0.2) is 38.6 Å². The number of halogens is 3. The van der Waals surface area contributed by atoms with Crippen molar-refractivity contribution in [3.05, 3.63) is 59.7 Å². The van der Waals surface area contributed by atoms with Crippen LogP contribution in [0.4, 0.5) is 24.5 Å². The van der Waals surface area contributed by atoms with E-state index in [0.717, 1.165) is 12.1 Å². The molecule has 0 aliphatic heterocycles. The molecule has 0 heterocycles. The van der Waals surface area contributed by atoms with Crippen LogP contribution in [0.3, 0.4) is 0 Å². The summed E-state index contributed by atoms with van der Waals surface area (Å²) in [5.41, 5.74) is 0.269. The van der Waals surface area contributed by atoms with Gasteiger partial charge in [0.2, 0.25) is 5.91 Å². The molecule has 0 saturated carbocycles. The molecule has 0 aliphatic carbocycles. The van der Waals surface area contributed by atoms with Crippen LogP contribution in [0.25, 0.3) is 0 Å². The molecule has 0 aromatic heterocycles. The maximum absolute atomic E-state index is 12.7. The minimum atomic E-state index is -4.48. The summed E-state index contributed by atoms with van der Waals surface area (Å²) in [5, 5.41) is 7.93. The van der Waals surface area contributed by atoms with Gasteiger partial charge >= 0.3 is 6.18 Å². The van der Waals surface area contributed by atoms with Crippen molar-refractivity contribution in [1.29, 1.82) is 0 Å². The minimum Gasteiger partial charge on any atom is -0.383 e. The molecule has 9 heteroatoms. The predicted octanol–water partition coefficient (Wildman–Crippen LogP) is 3.13. The van der Waals surface area contributed by atoms with Crippen LogP contribution in [0.5, 0.6) is 0 Å². The Labute approximate surface area is 160 Å². The maximum Gasteiger partial charge on any atom is 0.416 e. The number of carbonyl (C=O) groups is 2. The van der Waals surface area contributed by atoms with Crippen molar-refractivity contribution in [2.24, 2.45) is 0 Å². The van der Waals surface area contributed by atoms with Crippen LogP contribution in [0.15, 0.2) is 48.5 Å². The lowest BCUT2D eigenvalue weighted by Gasteiger charge is -2.11. The fraction of sp³-hybridized carbons (Fsp3) is 0.263. The number of ether oxygens (including phenoxy) is 1. The normalized spacial score (nSPS) is 11.0. The lowest BCUT2D eigenvalue weighted by molar-refractivity contribution is -0.137. The third kappa shape index (κ3) is 6.58. The third-order valence-electron chi connectivity index (χ3n) is 3.67. The van der Waals surface area contributed by atoms with Crippen LogP contribution in [0, 0.1) is 0 Å². The molecule has 150 valence electrons. The van der Waals surface area contributed by atoms with E-state index in [1.807, 2.05) is 0 Å². The van der Waals surface area contributed by atoms with Crippen LogP contribution in [0.2, 0.25) is 0 Å². The average molecular weight is 395 g/mol. The molecule has 0 aliphatic rings. The van der Waals surface area contributed by atoms with Gasteiger partial charge in [0, 0.05) is 30.6 Å². The molecule has 2 aromatic carbocycles. The van der Waals surface area contributed by atoms with Gasteiger partial charge < -0.3 is 20.7 Å². The molecule has 0 fully saturated rings. The van der Waals surface area contributed by atoms with Crippen molar-refractivity contribution in [3.8, 4) is 0 Å². The first-order valence-corrected chi connectivity index (χ1v) is 8.38. The summed E-state index contributed by atoms with van der Waals surface area (Å²) < 4.78 is 42.9. The van der Waals surface area contributed by atoms with Gasteiger partial charge in [0.15, 0.2) is 0 Å². The zero-order valence-corrected chi connectivity index (χ0v) is 15.1. The molecular formula is C19H20F3N3O3. The van der Waals surface area contributed by atoms with Gasteiger partial charge in [-0.05, 0) is 42.5 Å². The van der Waals surface area contributed by atoms with E-state index in [-0.39, 0.29) is 18.1 Å². The topological polar surface area (TPSA) is 79.5 Å². The van der Waals surface area contributed by atoms with E-state index in [1.165, 1.54) is 19.2 Å². The first-order valence-electron chi connectivity index (χ1n) is 8.38. The van der Waals surface area contributed by atoms with E-state index < -0.39 is 17.6 Å². The first kappa shape index (κ1) is 21.2. The van der Waals surface area contributed by atoms with E-state index in [9.17, 15) is 22.8 Å². The predicted molar refractivity (Wildman–Crippen MR) is 99.2 cm³/mol. The summed E-state index contributed by atoms with van der Waals surface area (Å²) in [7, 11) is 1.54. The number of hydrogen-bond acceptors (Lipinski definition) is 4. The molecule has 2 amide bonds. The summed E-state index contributed by atoms with van der Waals surface area (Å²) in [6.45, 7) is 0.660. The average Bonchev–Trinajstić information content (AvgIpc) is 2.66. The zero-order chi connectivity index (χ0) is 20.6. The Kier molecular flexibility index (Phi) is 7.39. The smallest absolute Gasteiger partial charge is 0.383 e. The molecule has 2 rings (SSSR count). The van der Waals surface area contributed by atoms with Gasteiger partial charge in [0.05, 0.1) is 18.7 Å². The molecule has 6 nitrogen and oxygen atoms in total. The van der Waals surface area contributed by atoms with Crippen LogP contribution >= 0.6 is 0 Å². The van der Waals surface area contributed by atoms with Gasteiger partial charge in [-0.3, -0.25) is 9.59 Å². The Morgan fingerprint density at radius 1 is 1.04 bits per heavy atom. The monoisotopic (exact) mass is 395 g/mol. The summed E-state index contributed by atoms with van der Waals surface area (Å²) in [4.78, 5) is 23.8. The quantitative estimate of drug-likeness (QED) is 0.600. The zero-order valence-electron chi connectivity index (χ0n) is 15.1. The second-order valence-corrected chi connectivity index (χ2v) is 5.81. The lowest BCUT2D eigenvalue weighted by Crippen LogP contribution is -2.26. The van der Waals surface area contributed by atoms with Gasteiger partial charge in [-0.1, -0.05) is 6.07 Å². The summed E-state index contributed by atoms with van der Waals surface area (Å²) in [6, 6.07) is 10.8. The molecule has 0 spiro atoms. The highest BCUT2D eigenvalue weighted by Crippen LogP contribution is 2.30. The van der Waals surface area contributed by atoms with Crippen molar-refractivity contribution in [2.75, 3.05) is 37.4 Å². The number of hydrogen-bond donors (Lipinski definition) is 3. The molecule has 0 saturated heterocycles. The van der Waals surface area contributed by atoms with Crippen LogP contribution < -0.4 is 16.0 Å². The van der Waals surface area contributed by atoms with Crippen molar-refractivity contribution in [1.82, 2.24) is 5.32 Å². The van der Waals surface area contributed by atoms with Crippen molar-refractivity contribution in [3.63, 3.8) is 0 Å². The van der Waals surface area contributed by atoms with Gasteiger partial charge in [0.1, 0.15) is 0 Å². The second-order valence-electron chi connectivity index (χ2n) is 5.81. The number of rotatable bonds is 8. The number of nitrogens with one attached hydrogen (secondary N) is 3. The van der Waals surface area contributed by atoms with Crippen molar-refractivity contribution in [2.45, 2.75) is 6.18 Å². The highest BCUT2D eigenvalue weighted by atomic mass is 19.4. The standard InChI is InChI=1S/C19H20F3N3O3/c1-28-10-9-23-18(27)13-5-7-15(8-6-13)24-12-17(26)25-16-4-2-3-14(11-16)19(20,21)22/h2-8,11,24H,9-10,12H2,1H3,(H,23,27)(H,25,26). The number of amides is 2. The number of anilines is 2. The Hall–Kier alpha value is -3.07. The molecule has 0 unspecified atom stereocenters. The highest BCUT2D eigenvalue weighted by Gasteiger charge is 2.30. The SMILES string of the molecule is COCCNC(=O)c1ccc(NCC(=O)Nc2cccc(C(F)(F)F)c2)cc1. The second kappa shape index (κ2) is 9.75. The van der Waals surface area contributed by atoms with Gasteiger partial charge in [-0.2, -0.15) is 13.2 Å². The van der Waals surface area contributed by atoms with E-state index in [1.54, 1.807) is 24.3 Å². The first-order chi connectivity index (χ1) is 13.3. The maximum atomic E-state index is 12.7. The Morgan fingerprint density at radius 2 is 1.75 bits per heavy atom. The highest BCUT2D eigenvalue weighted by molar-refractivity contribution is 5.95. The summed E-state index contributed by atoms with van der Waals surface area (Å²) >= 11 is 0. The van der Waals surface area contributed by atoms with E-state index in [4.69, 9.17) is 4.74 Å². The molecule has 2 aromatic rings. The van der Waals surface area contributed by atoms with Gasteiger partial charge in [-0.25, -0.2) is 0 Å². The molecule has 0 atom stereocenters. The molecule has 0 bridgehead atoms. The van der Waals surface area contributed by atoms with Crippen molar-refractivity contribution < 1.29 is 27.5 Å². The van der Waals surface area contributed by atoms with E-state index in [2.05, 4.69) is 16.0 Å². The molecule has 28 heavy (non-hydrogen) atoms. The van der Waals surface area contributed by atoms with Gasteiger partial charge in [0.25, 0.3) is 5.91 Å². The Morgan fingerprint density at radius 3 is 2.39 bits per heavy atom. The molecular weight excluding hydrogens is 375 g/mol. The van der Waals surface area contributed by atoms with Crippen LogP contribution in [-0.2, 0) is 15.7 Å². The Bertz CT molecular complexity index is 808. The summed E-state index contributed by atoms with van der Waals surface area (Å²) in [5.74, 6) is -0.744. The Balaban J connectivity index is 1.85. The number of alkyl halides is 3. The third-order valence-corrected chi connectivity index (χ3v) is 3.67. The number of methoxy groups -OCH3 is 1. The minimum absolute atomic E-state index is 0.0599. The molecule has 3 N–H and O–H groups in total. The summed E-state index contributed by atoms with van der Waals surface area (Å²) in [6.07, 6.45) is -4.48. The number of benzene rings is 2. The van der Waals surface area contributed by atoms with E-state index in [0.29, 0.717) is 24.4 Å². The lowest BCUT2D eigenvalue weighted by atomic mass is 10.2.